The first-order chi connectivity index (χ1) is 7.65. The average Bonchev–Trinajstić information content (AvgIpc) is 2.28. The van der Waals surface area contributed by atoms with Crippen molar-refractivity contribution >= 4 is 40.3 Å². The molecule has 0 spiro atoms. The fraction of sp³-hybridized carbons (Fsp3) is 0.364. The molecule has 3 nitrogen and oxygen atoms in total. The monoisotopic (exact) mass is 351 g/mol. The maximum Gasteiger partial charge on any atom is 0.251 e. The predicted molar refractivity (Wildman–Crippen MR) is 76.2 cm³/mol. The molecule has 16 heavy (non-hydrogen) atoms. The lowest BCUT2D eigenvalue weighted by Crippen LogP contribution is -2.24. The molecule has 0 unspecified atom stereocenters. The van der Waals surface area contributed by atoms with E-state index in [1.807, 2.05) is 28.8 Å². The Hall–Kier alpha value is -0.430. The van der Waals surface area contributed by atoms with Crippen LogP contribution in [0.3, 0.4) is 0 Å². The number of halogens is 1. The summed E-state index contributed by atoms with van der Waals surface area (Å²) in [6.45, 7) is 0.673. The number of amides is 1. The normalized spacial score (nSPS) is 10.1. The molecule has 0 atom stereocenters. The first kappa shape index (κ1) is 13.6. The van der Waals surface area contributed by atoms with Gasteiger partial charge < -0.3 is 10.4 Å². The number of hydrogen-bond donors (Lipinski definition) is 2. The van der Waals surface area contributed by atoms with Gasteiger partial charge in [0.1, 0.15) is 5.75 Å². The Bertz CT molecular complexity index is 371. The van der Waals surface area contributed by atoms with E-state index in [0.717, 1.165) is 15.7 Å². The van der Waals surface area contributed by atoms with Crippen molar-refractivity contribution in [1.29, 1.82) is 0 Å². The van der Waals surface area contributed by atoms with E-state index in [2.05, 4.69) is 5.32 Å². The molecule has 0 radical (unpaired) electrons. The maximum absolute atomic E-state index is 11.6. The lowest BCUT2D eigenvalue weighted by Gasteiger charge is -2.05. The second kappa shape index (κ2) is 7.01. The molecule has 0 aliphatic carbocycles. The van der Waals surface area contributed by atoms with E-state index >= 15 is 0 Å². The highest BCUT2D eigenvalue weighted by Crippen LogP contribution is 2.20. The highest BCUT2D eigenvalue weighted by molar-refractivity contribution is 14.1. The van der Waals surface area contributed by atoms with E-state index in [0.29, 0.717) is 12.1 Å². The quantitative estimate of drug-likeness (QED) is 0.633. The van der Waals surface area contributed by atoms with Crippen LogP contribution in [0.2, 0.25) is 0 Å². The molecule has 5 heteroatoms. The average molecular weight is 351 g/mol. The van der Waals surface area contributed by atoms with Crippen LogP contribution >= 0.6 is 34.4 Å². The topological polar surface area (TPSA) is 49.3 Å². The van der Waals surface area contributed by atoms with Crippen molar-refractivity contribution in [2.45, 2.75) is 6.42 Å². The third-order valence-electron chi connectivity index (χ3n) is 2.02. The Balaban J connectivity index is 2.50. The summed E-state index contributed by atoms with van der Waals surface area (Å²) in [6, 6.07) is 4.93. The first-order valence-corrected chi connectivity index (χ1v) is 7.38. The fourth-order valence-corrected chi connectivity index (χ4v) is 1.94. The summed E-state index contributed by atoms with van der Waals surface area (Å²) in [4.78, 5) is 11.6. The number of nitrogens with one attached hydrogen (secondary N) is 1. The van der Waals surface area contributed by atoms with E-state index < -0.39 is 0 Å². The van der Waals surface area contributed by atoms with Crippen molar-refractivity contribution in [3.8, 4) is 5.75 Å². The molecule has 0 aliphatic heterocycles. The number of carbonyl (C=O) groups is 1. The molecule has 0 saturated carbocycles. The first-order valence-electron chi connectivity index (χ1n) is 4.91. The lowest BCUT2D eigenvalue weighted by molar-refractivity contribution is 0.0953. The van der Waals surface area contributed by atoms with Gasteiger partial charge in [-0.3, -0.25) is 4.79 Å². The van der Waals surface area contributed by atoms with Crippen LogP contribution in [0, 0.1) is 3.57 Å². The minimum absolute atomic E-state index is 0.132. The van der Waals surface area contributed by atoms with Gasteiger partial charge in [-0.15, -0.1) is 0 Å². The van der Waals surface area contributed by atoms with Crippen LogP contribution < -0.4 is 5.32 Å². The number of rotatable bonds is 5. The van der Waals surface area contributed by atoms with Crippen LogP contribution in [0.15, 0.2) is 18.2 Å². The summed E-state index contributed by atoms with van der Waals surface area (Å²) >= 11 is 3.78. The number of phenolic OH excluding ortho intramolecular Hbond substituents is 1. The second-order valence-corrected chi connectivity index (χ2v) is 5.42. The summed E-state index contributed by atoms with van der Waals surface area (Å²) in [7, 11) is 0. The number of hydrogen-bond acceptors (Lipinski definition) is 3. The zero-order chi connectivity index (χ0) is 12.0. The van der Waals surface area contributed by atoms with Crippen molar-refractivity contribution in [2.75, 3.05) is 18.6 Å². The number of aromatic hydroxyl groups is 1. The summed E-state index contributed by atoms with van der Waals surface area (Å²) in [5.41, 5.74) is 0.502. The Morgan fingerprint density at radius 1 is 1.56 bits per heavy atom. The van der Waals surface area contributed by atoms with Crippen molar-refractivity contribution in [1.82, 2.24) is 5.32 Å². The van der Waals surface area contributed by atoms with Gasteiger partial charge in [0.25, 0.3) is 5.91 Å². The lowest BCUT2D eigenvalue weighted by atomic mass is 10.2. The maximum atomic E-state index is 11.6. The van der Waals surface area contributed by atoms with Gasteiger partial charge in [-0.05, 0) is 59.2 Å². The van der Waals surface area contributed by atoms with Crippen LogP contribution in [0.4, 0.5) is 0 Å². The van der Waals surface area contributed by atoms with Crippen LogP contribution in [0.25, 0.3) is 0 Å². The third-order valence-corrected chi connectivity index (χ3v) is 3.63. The van der Waals surface area contributed by atoms with Gasteiger partial charge in [0.15, 0.2) is 0 Å². The number of thioether (sulfide) groups is 1. The molecule has 1 amide bonds. The van der Waals surface area contributed by atoms with Gasteiger partial charge >= 0.3 is 0 Å². The predicted octanol–water partition coefficient (Wildman–Crippen LogP) is 2.48. The van der Waals surface area contributed by atoms with Crippen LogP contribution in [0.1, 0.15) is 16.8 Å². The number of benzene rings is 1. The molecular weight excluding hydrogens is 337 g/mol. The van der Waals surface area contributed by atoms with E-state index in [1.165, 1.54) is 6.07 Å². The van der Waals surface area contributed by atoms with Gasteiger partial charge in [-0.25, -0.2) is 0 Å². The Morgan fingerprint density at radius 3 is 2.94 bits per heavy atom. The Labute approximate surface area is 113 Å². The molecular formula is C11H14INO2S. The largest absolute Gasteiger partial charge is 0.507 e. The van der Waals surface area contributed by atoms with E-state index in [-0.39, 0.29) is 11.7 Å². The summed E-state index contributed by atoms with van der Waals surface area (Å²) in [5.74, 6) is 1.06. The second-order valence-electron chi connectivity index (χ2n) is 3.27. The molecule has 0 aliphatic rings. The molecule has 0 aromatic heterocycles. The summed E-state index contributed by atoms with van der Waals surface area (Å²) < 4.78 is 0.747. The van der Waals surface area contributed by atoms with Crippen molar-refractivity contribution in [3.63, 3.8) is 0 Å². The van der Waals surface area contributed by atoms with Crippen molar-refractivity contribution in [3.05, 3.63) is 27.3 Å². The highest BCUT2D eigenvalue weighted by atomic mass is 127. The Morgan fingerprint density at radius 2 is 2.31 bits per heavy atom. The van der Waals surface area contributed by atoms with Crippen molar-refractivity contribution in [2.24, 2.45) is 0 Å². The molecule has 0 bridgehead atoms. The van der Waals surface area contributed by atoms with E-state index in [9.17, 15) is 9.90 Å². The zero-order valence-corrected chi connectivity index (χ0v) is 12.0. The molecule has 0 fully saturated rings. The van der Waals surface area contributed by atoms with Gasteiger partial charge in [0.2, 0.25) is 0 Å². The molecule has 1 aromatic rings. The third kappa shape index (κ3) is 4.21. The van der Waals surface area contributed by atoms with Gasteiger partial charge in [0, 0.05) is 12.1 Å². The van der Waals surface area contributed by atoms with Crippen LogP contribution in [-0.2, 0) is 0 Å². The van der Waals surface area contributed by atoms with Gasteiger partial charge in [-0.1, -0.05) is 0 Å². The van der Waals surface area contributed by atoms with E-state index in [4.69, 9.17) is 0 Å². The Kier molecular flexibility index (Phi) is 5.97. The van der Waals surface area contributed by atoms with Crippen LogP contribution in [-0.4, -0.2) is 29.6 Å². The molecule has 88 valence electrons. The zero-order valence-electron chi connectivity index (χ0n) is 9.00. The fourth-order valence-electron chi connectivity index (χ4n) is 1.17. The molecule has 1 rings (SSSR count). The SMILES string of the molecule is CSCCCNC(=O)c1ccc(I)c(O)c1. The van der Waals surface area contributed by atoms with E-state index in [1.54, 1.807) is 23.9 Å². The minimum Gasteiger partial charge on any atom is -0.507 e. The van der Waals surface area contributed by atoms with Crippen LogP contribution in [0.5, 0.6) is 5.75 Å². The van der Waals surface area contributed by atoms with Crippen molar-refractivity contribution < 1.29 is 9.90 Å². The molecule has 2 N–H and O–H groups in total. The summed E-state index contributed by atoms with van der Waals surface area (Å²) in [5, 5.41) is 12.3. The molecule has 0 saturated heterocycles. The smallest absolute Gasteiger partial charge is 0.251 e. The van der Waals surface area contributed by atoms with Gasteiger partial charge in [0.05, 0.1) is 3.57 Å². The minimum atomic E-state index is -0.132. The number of carbonyl (C=O) groups excluding carboxylic acids is 1. The molecule has 0 heterocycles. The number of phenols is 1. The molecule has 1 aromatic carbocycles. The summed E-state index contributed by atoms with van der Waals surface area (Å²) in [6.07, 6.45) is 3.00. The highest BCUT2D eigenvalue weighted by Gasteiger charge is 2.07. The van der Waals surface area contributed by atoms with Gasteiger partial charge in [-0.2, -0.15) is 11.8 Å². The standard InChI is InChI=1S/C11H14INO2S/c1-16-6-2-5-13-11(15)8-3-4-9(12)10(14)7-8/h3-4,7,14H,2,5-6H2,1H3,(H,13,15).